The lowest BCUT2D eigenvalue weighted by molar-refractivity contribution is -0.144. The van der Waals surface area contributed by atoms with Gasteiger partial charge in [-0.1, -0.05) is 57.0 Å². The lowest BCUT2D eigenvalue weighted by Gasteiger charge is -2.36. The SMILES string of the molecule is C#Cc1c(F)ccc2cc(O)cc(-c3ncc4c(N5CC6CCC(C5)N6)nc(OC[C@@H]5CCCN5CC5CCN(CCC(=O)N[C@H](C(=O)N6C[C@H](O)C[C@H]6C(=O)NCc6ccc(-c7scnc7C)cc6)C(C)(C)C)CC5)nc4c3F)c12. The first-order valence-corrected chi connectivity index (χ1v) is 29.3. The lowest BCUT2D eigenvalue weighted by atomic mass is 9.85. The number of aryl methyl sites for hydroxylation is 1. The van der Waals surface area contributed by atoms with E-state index in [4.69, 9.17) is 21.1 Å². The monoisotopic (exact) mass is 1120 g/mol. The highest BCUT2D eigenvalue weighted by Crippen LogP contribution is 2.40. The highest BCUT2D eigenvalue weighted by Gasteiger charge is 2.45. The van der Waals surface area contributed by atoms with Gasteiger partial charge in [0.2, 0.25) is 17.7 Å². The summed E-state index contributed by atoms with van der Waals surface area (Å²) in [6, 6.07) is 12.3. The summed E-state index contributed by atoms with van der Waals surface area (Å²) in [6.07, 6.45) is 12.7. The van der Waals surface area contributed by atoms with E-state index in [1.807, 2.05) is 57.5 Å². The zero-order valence-electron chi connectivity index (χ0n) is 46.4. The number of fused-ring (bicyclic) bond motifs is 4. The number of likely N-dealkylation sites (tertiary alicyclic amines) is 3. The van der Waals surface area contributed by atoms with Gasteiger partial charge in [-0.15, -0.1) is 17.8 Å². The van der Waals surface area contributed by atoms with Crippen molar-refractivity contribution in [2.75, 3.05) is 63.9 Å². The molecular weight excluding hydrogens is 1050 g/mol. The van der Waals surface area contributed by atoms with Crippen molar-refractivity contribution >= 4 is 56.6 Å². The Hall–Kier alpha value is -6.89. The fourth-order valence-corrected chi connectivity index (χ4v) is 13.5. The number of nitrogens with zero attached hydrogens (tertiary/aromatic N) is 8. The number of halogens is 2. The minimum atomic E-state index is -0.909. The number of amides is 3. The summed E-state index contributed by atoms with van der Waals surface area (Å²) in [5, 5.41) is 32.2. The number of pyridine rings is 1. The number of aliphatic hydroxyl groups excluding tert-OH is 1. The molecule has 6 atom stereocenters. The first kappa shape index (κ1) is 56.0. The molecule has 3 aromatic heterocycles. The number of rotatable bonds is 16. The minimum Gasteiger partial charge on any atom is -0.508 e. The molecule has 8 heterocycles. The van der Waals surface area contributed by atoms with Crippen molar-refractivity contribution in [3.05, 3.63) is 88.7 Å². The largest absolute Gasteiger partial charge is 0.508 e. The number of piperidine rings is 1. The fraction of sp³-hybridized carbons (Fsp3) is 0.492. The Kier molecular flexibility index (Phi) is 16.3. The maximum atomic E-state index is 17.2. The van der Waals surface area contributed by atoms with Crippen molar-refractivity contribution < 1.29 is 38.1 Å². The number of terminal acetylenes is 1. The number of phenols is 1. The van der Waals surface area contributed by atoms with Crippen LogP contribution in [0.15, 0.2) is 60.2 Å². The van der Waals surface area contributed by atoms with Gasteiger partial charge in [-0.3, -0.25) is 24.3 Å². The van der Waals surface area contributed by atoms with Gasteiger partial charge in [0.1, 0.15) is 47.3 Å². The van der Waals surface area contributed by atoms with Crippen molar-refractivity contribution in [1.82, 2.24) is 50.6 Å². The third-order valence-corrected chi connectivity index (χ3v) is 18.1. The van der Waals surface area contributed by atoms with Gasteiger partial charge >= 0.3 is 6.01 Å². The zero-order chi connectivity index (χ0) is 56.7. The van der Waals surface area contributed by atoms with E-state index in [0.29, 0.717) is 48.7 Å². The molecule has 5 fully saturated rings. The van der Waals surface area contributed by atoms with E-state index < -0.39 is 35.2 Å². The summed E-state index contributed by atoms with van der Waals surface area (Å²) in [6.45, 7) is 13.6. The number of hydrogen-bond acceptors (Lipinski definition) is 15. The fourth-order valence-electron chi connectivity index (χ4n) is 12.7. The zero-order valence-corrected chi connectivity index (χ0v) is 47.2. The molecular formula is C61H71F2N11O6S. The van der Waals surface area contributed by atoms with E-state index in [1.54, 1.807) is 17.5 Å². The Morgan fingerprint density at radius 1 is 0.975 bits per heavy atom. The Morgan fingerprint density at radius 3 is 2.46 bits per heavy atom. The second kappa shape index (κ2) is 23.5. The Morgan fingerprint density at radius 2 is 1.74 bits per heavy atom. The number of thiazole rings is 1. The highest BCUT2D eigenvalue weighted by molar-refractivity contribution is 7.13. The number of benzene rings is 3. The number of aliphatic hydroxyl groups is 1. The molecule has 0 saturated carbocycles. The first-order chi connectivity index (χ1) is 39.0. The predicted octanol–water partition coefficient (Wildman–Crippen LogP) is 6.94. The van der Waals surface area contributed by atoms with E-state index in [-0.39, 0.29) is 101 Å². The van der Waals surface area contributed by atoms with Crippen LogP contribution in [-0.4, -0.2) is 158 Å². The van der Waals surface area contributed by atoms with Gasteiger partial charge in [-0.2, -0.15) is 9.97 Å². The summed E-state index contributed by atoms with van der Waals surface area (Å²) in [4.78, 5) is 69.6. The molecule has 0 radical (unpaired) electrons. The number of aromatic hydroxyl groups is 1. The number of hydrogen-bond donors (Lipinski definition) is 5. The topological polar surface area (TPSA) is 202 Å². The van der Waals surface area contributed by atoms with Crippen LogP contribution in [0.3, 0.4) is 0 Å². The predicted molar refractivity (Wildman–Crippen MR) is 307 cm³/mol. The highest BCUT2D eigenvalue weighted by atomic mass is 32.1. The van der Waals surface area contributed by atoms with Crippen LogP contribution >= 0.6 is 11.3 Å². The Bertz CT molecular complexity index is 3370. The van der Waals surface area contributed by atoms with Crippen LogP contribution < -0.4 is 25.6 Å². The van der Waals surface area contributed by atoms with Crippen LogP contribution in [0, 0.1) is 42.2 Å². The molecule has 3 amide bonds. The summed E-state index contributed by atoms with van der Waals surface area (Å²) >= 11 is 1.58. The Labute approximate surface area is 474 Å². The number of β-amino-alcohol motifs (C(OH)–C–C–N with tert-alkyl or cyclic N) is 1. The number of aromatic nitrogens is 4. The molecule has 11 rings (SSSR count). The van der Waals surface area contributed by atoms with E-state index in [0.717, 1.165) is 86.4 Å². The molecule has 0 spiro atoms. The number of phenolic OH excluding ortho intramolecular Hbond substituents is 1. The molecule has 426 valence electrons. The molecule has 20 heteroatoms. The van der Waals surface area contributed by atoms with E-state index >= 15 is 8.78 Å². The normalized spacial score (nSPS) is 22.1. The van der Waals surface area contributed by atoms with Crippen molar-refractivity contribution in [3.8, 4) is 45.8 Å². The van der Waals surface area contributed by atoms with Crippen LogP contribution in [0.25, 0.3) is 43.4 Å². The summed E-state index contributed by atoms with van der Waals surface area (Å²) in [5.41, 5.74) is 4.03. The molecule has 6 aromatic rings. The second-order valence-corrected chi connectivity index (χ2v) is 24.6. The lowest BCUT2D eigenvalue weighted by Crippen LogP contribution is -2.58. The smallest absolute Gasteiger partial charge is 0.319 e. The van der Waals surface area contributed by atoms with Crippen molar-refractivity contribution in [3.63, 3.8) is 0 Å². The van der Waals surface area contributed by atoms with Crippen LogP contribution in [0.4, 0.5) is 14.6 Å². The molecule has 81 heavy (non-hydrogen) atoms. The number of carbonyl (C=O) groups is 3. The van der Waals surface area contributed by atoms with Crippen molar-refractivity contribution in [1.29, 1.82) is 0 Å². The molecule has 3 aromatic carbocycles. The molecule has 5 aliphatic heterocycles. The molecule has 5 N–H and O–H groups in total. The maximum absolute atomic E-state index is 17.2. The summed E-state index contributed by atoms with van der Waals surface area (Å²) < 4.78 is 38.8. The maximum Gasteiger partial charge on any atom is 0.319 e. The Balaban J connectivity index is 0.693. The summed E-state index contributed by atoms with van der Waals surface area (Å²) in [5.74, 6) is 0.835. The second-order valence-electron chi connectivity index (χ2n) is 23.8. The van der Waals surface area contributed by atoms with Gasteiger partial charge in [-0.25, -0.2) is 13.8 Å². The van der Waals surface area contributed by atoms with Gasteiger partial charge in [0.05, 0.1) is 33.1 Å². The van der Waals surface area contributed by atoms with Gasteiger partial charge in [0, 0.05) is 87.4 Å². The van der Waals surface area contributed by atoms with Gasteiger partial charge in [-0.05, 0) is 111 Å². The average Bonchev–Trinajstić information content (AvgIpc) is 4.40. The molecule has 5 saturated heterocycles. The number of carbonyl (C=O) groups excluding carboxylic acids is 3. The molecule has 2 bridgehead atoms. The van der Waals surface area contributed by atoms with E-state index in [2.05, 4.69) is 46.5 Å². The van der Waals surface area contributed by atoms with E-state index in [1.165, 1.54) is 29.2 Å². The minimum absolute atomic E-state index is 0.00249. The molecule has 5 aliphatic rings. The third-order valence-electron chi connectivity index (χ3n) is 17.1. The number of piperazine rings is 1. The van der Waals surface area contributed by atoms with Crippen LogP contribution in [0.5, 0.6) is 11.8 Å². The number of ether oxygens (including phenoxy) is 1. The van der Waals surface area contributed by atoms with Crippen LogP contribution in [0.2, 0.25) is 0 Å². The number of nitrogens with one attached hydrogen (secondary N) is 3. The first-order valence-electron chi connectivity index (χ1n) is 28.4. The molecule has 17 nitrogen and oxygen atoms in total. The van der Waals surface area contributed by atoms with Crippen molar-refractivity contribution in [2.24, 2.45) is 11.3 Å². The van der Waals surface area contributed by atoms with Gasteiger partial charge < -0.3 is 45.6 Å². The van der Waals surface area contributed by atoms with Crippen LogP contribution in [0.1, 0.15) is 89.0 Å². The number of anilines is 1. The molecule has 0 aliphatic carbocycles. The quantitative estimate of drug-likeness (QED) is 0.0625. The standard InChI is InChI=1S/C61H71F2N11O6S/c1-6-45-48(62)16-13-39-24-43(75)25-46(51(39)45)53-52(63)54-47(28-64-53)57(73-30-40-14-15-41(31-73)67-40)70-60(69-54)80-33-42-8-7-20-72(42)29-37-17-21-71(22-18-37)23-19-50(77)68-56(61(3,4)5)59(79)74-32-44(76)26-49(74)58(78)65-27-36-9-11-38(12-10-36)55-35(2)66-34-81-55/h1,9-13,16,24-25,28,34,37,40-42,44,49,56,67,75-76H,7-8,14-15,17-23,26-27,29-33H2,2-5H3,(H,65,78)(H,68,77)/t40?,41?,42-,44+,49-,56+/m0/s1. The van der Waals surface area contributed by atoms with Crippen LogP contribution in [-0.2, 0) is 20.9 Å². The average molecular weight is 1120 g/mol. The van der Waals surface area contributed by atoms with Crippen molar-refractivity contribution in [2.45, 2.75) is 122 Å². The van der Waals surface area contributed by atoms with E-state index in [9.17, 15) is 24.6 Å². The third kappa shape index (κ3) is 12.1. The van der Waals surface area contributed by atoms with Gasteiger partial charge in [0.15, 0.2) is 5.82 Å². The molecule has 2 unspecified atom stereocenters. The van der Waals surface area contributed by atoms with Gasteiger partial charge in [0.25, 0.3) is 0 Å². The summed E-state index contributed by atoms with van der Waals surface area (Å²) in [7, 11) is 0.